The number of methoxy groups -OCH3 is 1. The van der Waals surface area contributed by atoms with Crippen LogP contribution in [0.15, 0.2) is 41.5 Å². The monoisotopic (exact) mass is 517 g/mol. The number of ether oxygens (including phenoxy) is 2. The molecule has 3 unspecified atom stereocenters. The van der Waals surface area contributed by atoms with Gasteiger partial charge in [0.15, 0.2) is 0 Å². The molecule has 37 heavy (non-hydrogen) atoms. The van der Waals surface area contributed by atoms with E-state index in [1.54, 1.807) is 20.1 Å². The Kier molecular flexibility index (Phi) is 11.3. The lowest BCUT2D eigenvalue weighted by Gasteiger charge is -2.35. The minimum absolute atomic E-state index is 0.0233. The summed E-state index contributed by atoms with van der Waals surface area (Å²) in [4.78, 5) is 0. The van der Waals surface area contributed by atoms with Gasteiger partial charge in [-0.2, -0.15) is 5.10 Å². The van der Waals surface area contributed by atoms with Crippen LogP contribution in [-0.4, -0.2) is 44.4 Å². The van der Waals surface area contributed by atoms with Crippen LogP contribution in [0, 0.1) is 11.7 Å². The van der Waals surface area contributed by atoms with Crippen molar-refractivity contribution in [1.82, 2.24) is 10.7 Å². The Bertz CT molecular complexity index is 978. The number of phenols is 1. The summed E-state index contributed by atoms with van der Waals surface area (Å²) < 4.78 is 38.7. The van der Waals surface area contributed by atoms with E-state index < -0.39 is 12.0 Å². The van der Waals surface area contributed by atoms with E-state index in [4.69, 9.17) is 9.47 Å². The smallest absolute Gasteiger partial charge is 0.127 e. The van der Waals surface area contributed by atoms with Crippen molar-refractivity contribution in [1.29, 1.82) is 0 Å². The van der Waals surface area contributed by atoms with E-state index in [0.29, 0.717) is 45.1 Å². The molecule has 2 aromatic rings. The van der Waals surface area contributed by atoms with Gasteiger partial charge in [0.1, 0.15) is 11.6 Å². The summed E-state index contributed by atoms with van der Waals surface area (Å²) in [6.07, 6.45) is 1.98. The number of phenolic OH excluding ortho intramolecular Hbond substituents is 1. The molecule has 0 amide bonds. The van der Waals surface area contributed by atoms with E-state index in [2.05, 4.69) is 41.6 Å². The Morgan fingerprint density at radius 1 is 1.11 bits per heavy atom. The summed E-state index contributed by atoms with van der Waals surface area (Å²) in [6, 6.07) is 10.4. The van der Waals surface area contributed by atoms with Gasteiger partial charge in [-0.15, -0.1) is 0 Å². The van der Waals surface area contributed by atoms with Crippen LogP contribution in [0.3, 0.4) is 0 Å². The summed E-state index contributed by atoms with van der Waals surface area (Å²) in [5, 5.41) is 17.6. The van der Waals surface area contributed by atoms with E-state index in [1.165, 1.54) is 6.07 Å². The van der Waals surface area contributed by atoms with Crippen LogP contribution in [-0.2, 0) is 22.6 Å². The first kappa shape index (κ1) is 29.0. The predicted octanol–water partition coefficient (Wildman–Crippen LogP) is 5.75. The SMILES string of the molecule is C=NNC(CCC(C)F)c1ccc(CN[C@H](C2CCOCC2)C(C)c2cc(O)cc(F)c2)c(COC)c1. The average molecular weight is 518 g/mol. The maximum atomic E-state index is 14.1. The molecule has 0 spiro atoms. The highest BCUT2D eigenvalue weighted by Gasteiger charge is 2.30. The molecule has 1 heterocycles. The van der Waals surface area contributed by atoms with Gasteiger partial charge in [-0.25, -0.2) is 8.78 Å². The molecule has 0 saturated carbocycles. The first-order valence-electron chi connectivity index (χ1n) is 13.1. The summed E-state index contributed by atoms with van der Waals surface area (Å²) in [5.74, 6) is -0.172. The highest BCUT2D eigenvalue weighted by Crippen LogP contribution is 2.32. The lowest BCUT2D eigenvalue weighted by molar-refractivity contribution is 0.0502. The Morgan fingerprint density at radius 3 is 2.51 bits per heavy atom. The molecule has 204 valence electrons. The molecule has 2 aromatic carbocycles. The van der Waals surface area contributed by atoms with Crippen molar-refractivity contribution >= 4 is 6.72 Å². The Hall–Kier alpha value is -2.55. The molecular formula is C29H41F2N3O3. The van der Waals surface area contributed by atoms with Crippen molar-refractivity contribution in [3.8, 4) is 5.75 Å². The molecule has 0 aliphatic carbocycles. The minimum Gasteiger partial charge on any atom is -0.508 e. The Labute approximate surface area is 219 Å². The maximum Gasteiger partial charge on any atom is 0.127 e. The molecule has 0 aromatic heterocycles. The topological polar surface area (TPSA) is 75.1 Å². The second-order valence-electron chi connectivity index (χ2n) is 10.0. The molecule has 1 fully saturated rings. The summed E-state index contributed by atoms with van der Waals surface area (Å²) in [7, 11) is 1.67. The quantitative estimate of drug-likeness (QED) is 0.220. The molecule has 3 rings (SSSR count). The van der Waals surface area contributed by atoms with Crippen LogP contribution in [0.4, 0.5) is 8.78 Å². The number of nitrogens with zero attached hydrogens (tertiary/aromatic N) is 1. The molecule has 0 bridgehead atoms. The highest BCUT2D eigenvalue weighted by molar-refractivity contribution is 5.35. The lowest BCUT2D eigenvalue weighted by atomic mass is 9.80. The number of halogens is 2. The fourth-order valence-corrected chi connectivity index (χ4v) is 5.26. The van der Waals surface area contributed by atoms with Crippen LogP contribution in [0.2, 0.25) is 0 Å². The number of benzene rings is 2. The zero-order chi connectivity index (χ0) is 26.8. The molecule has 6 nitrogen and oxygen atoms in total. The summed E-state index contributed by atoms with van der Waals surface area (Å²) >= 11 is 0. The van der Waals surface area contributed by atoms with Gasteiger partial charge >= 0.3 is 0 Å². The zero-order valence-electron chi connectivity index (χ0n) is 22.2. The molecule has 8 heteroatoms. The fraction of sp³-hybridized carbons (Fsp3) is 0.552. The van der Waals surface area contributed by atoms with Crippen LogP contribution in [0.5, 0.6) is 5.75 Å². The van der Waals surface area contributed by atoms with Gasteiger partial charge in [0.25, 0.3) is 0 Å². The maximum absolute atomic E-state index is 14.1. The Morgan fingerprint density at radius 2 is 1.86 bits per heavy atom. The summed E-state index contributed by atoms with van der Waals surface area (Å²) in [5.41, 5.74) is 6.92. The van der Waals surface area contributed by atoms with E-state index in [-0.39, 0.29) is 23.8 Å². The van der Waals surface area contributed by atoms with Crippen molar-refractivity contribution in [3.63, 3.8) is 0 Å². The van der Waals surface area contributed by atoms with Gasteiger partial charge in [0.05, 0.1) is 18.8 Å². The molecule has 3 N–H and O–H groups in total. The van der Waals surface area contributed by atoms with E-state index in [9.17, 15) is 13.9 Å². The number of nitrogens with one attached hydrogen (secondary N) is 2. The number of hydrogen-bond donors (Lipinski definition) is 3. The fourth-order valence-electron chi connectivity index (χ4n) is 5.26. The van der Waals surface area contributed by atoms with Crippen molar-refractivity contribution in [2.45, 2.75) is 76.9 Å². The average Bonchev–Trinajstić information content (AvgIpc) is 2.87. The highest BCUT2D eigenvalue weighted by atomic mass is 19.1. The third-order valence-electron chi connectivity index (χ3n) is 7.30. The molecule has 1 saturated heterocycles. The van der Waals surface area contributed by atoms with Crippen LogP contribution in [0.1, 0.15) is 73.7 Å². The number of alkyl halides is 1. The van der Waals surface area contributed by atoms with Gasteiger partial charge < -0.3 is 25.3 Å². The van der Waals surface area contributed by atoms with E-state index in [1.807, 2.05) is 6.07 Å². The normalized spacial score (nSPS) is 17.6. The van der Waals surface area contributed by atoms with Crippen molar-refractivity contribution in [2.75, 3.05) is 20.3 Å². The largest absolute Gasteiger partial charge is 0.508 e. The second kappa shape index (κ2) is 14.4. The number of hydrazone groups is 1. The first-order chi connectivity index (χ1) is 17.8. The minimum atomic E-state index is -0.889. The molecule has 1 aliphatic heterocycles. The molecule has 0 radical (unpaired) electrons. The van der Waals surface area contributed by atoms with Gasteiger partial charge in [-0.1, -0.05) is 25.1 Å². The van der Waals surface area contributed by atoms with Crippen LogP contribution >= 0.6 is 0 Å². The second-order valence-corrected chi connectivity index (χ2v) is 10.0. The van der Waals surface area contributed by atoms with Crippen molar-refractivity contribution in [3.05, 3.63) is 64.5 Å². The Balaban J connectivity index is 1.83. The standard InChI is InChI=1S/C29H41F2N3O3/c1-19(30)5-8-28(34-32-3)22-6-7-23(25(13-22)18-36-4)17-33-29(21-9-11-37-12-10-21)20(2)24-14-26(31)16-27(35)15-24/h6-7,13-16,19-21,28-29,33-35H,3,5,8-12,17-18H2,1-2,4H3/t19?,20?,28?,29-/m0/s1. The van der Waals surface area contributed by atoms with Gasteiger partial charge in [-0.05, 0) is 78.8 Å². The lowest BCUT2D eigenvalue weighted by Crippen LogP contribution is -2.42. The number of hydrogen-bond acceptors (Lipinski definition) is 6. The van der Waals surface area contributed by atoms with E-state index >= 15 is 0 Å². The van der Waals surface area contributed by atoms with Crippen molar-refractivity contribution < 1.29 is 23.4 Å². The third-order valence-corrected chi connectivity index (χ3v) is 7.30. The van der Waals surface area contributed by atoms with Gasteiger partial charge in [0, 0.05) is 45.7 Å². The predicted molar refractivity (Wildman–Crippen MR) is 143 cm³/mol. The van der Waals surface area contributed by atoms with E-state index in [0.717, 1.165) is 41.2 Å². The molecular weight excluding hydrogens is 476 g/mol. The summed E-state index contributed by atoms with van der Waals surface area (Å²) in [6.45, 7) is 9.62. The molecule has 4 atom stereocenters. The molecule has 1 aliphatic rings. The first-order valence-corrected chi connectivity index (χ1v) is 13.1. The van der Waals surface area contributed by atoms with Crippen LogP contribution in [0.25, 0.3) is 0 Å². The van der Waals surface area contributed by atoms with Gasteiger partial charge in [0.2, 0.25) is 0 Å². The zero-order valence-corrected chi connectivity index (χ0v) is 22.2. The number of aromatic hydroxyl groups is 1. The van der Waals surface area contributed by atoms with Crippen LogP contribution < -0.4 is 10.7 Å². The number of rotatable bonds is 14. The third kappa shape index (κ3) is 8.48. The van der Waals surface area contributed by atoms with Crippen molar-refractivity contribution in [2.24, 2.45) is 11.0 Å². The van der Waals surface area contributed by atoms with Gasteiger partial charge in [-0.3, -0.25) is 0 Å².